The molecule has 0 saturated carbocycles. The molecule has 0 atom stereocenters. The minimum Gasteiger partial charge on any atom is -0.492 e. The molecule has 0 spiro atoms. The van der Waals surface area contributed by atoms with Crippen molar-refractivity contribution in [1.29, 1.82) is 0 Å². The van der Waals surface area contributed by atoms with Crippen LogP contribution in [0.5, 0.6) is 5.75 Å². The van der Waals surface area contributed by atoms with Gasteiger partial charge in [0.2, 0.25) is 0 Å². The van der Waals surface area contributed by atoms with Gasteiger partial charge in [0.1, 0.15) is 12.4 Å². The number of nitrogens with one attached hydrogen (secondary N) is 1. The summed E-state index contributed by atoms with van der Waals surface area (Å²) in [4.78, 5) is 0. The van der Waals surface area contributed by atoms with E-state index >= 15 is 0 Å². The maximum atomic E-state index is 5.68. The third kappa shape index (κ3) is 7.51. The predicted molar refractivity (Wildman–Crippen MR) is 84.6 cm³/mol. The van der Waals surface area contributed by atoms with Crippen LogP contribution in [0.25, 0.3) is 0 Å². The minimum absolute atomic E-state index is 0.568. The smallest absolute Gasteiger partial charge is 0.119 e. The first kappa shape index (κ1) is 17.0. The van der Waals surface area contributed by atoms with Crippen molar-refractivity contribution in [3.63, 3.8) is 0 Å². The van der Waals surface area contributed by atoms with Gasteiger partial charge in [0, 0.05) is 19.7 Å². The normalized spacial score (nSPS) is 11.0. The van der Waals surface area contributed by atoms with Gasteiger partial charge in [-0.2, -0.15) is 0 Å². The van der Waals surface area contributed by atoms with E-state index in [0.717, 1.165) is 38.5 Å². The number of hydrogen-bond acceptors (Lipinski definition) is 3. The van der Waals surface area contributed by atoms with Crippen LogP contribution in [0.2, 0.25) is 0 Å². The number of hydrogen-bond donors (Lipinski definition) is 1. The van der Waals surface area contributed by atoms with Crippen LogP contribution in [0.15, 0.2) is 24.3 Å². The van der Waals surface area contributed by atoms with Crippen LogP contribution in [0.1, 0.15) is 45.1 Å². The standard InChI is InChI=1S/C17H29NO2/c1-4-5-12-19-13-10-18-11-14-20-17-8-6-16(7-9-17)15(2)3/h6-9,15,18H,4-5,10-14H2,1-3H3. The second-order valence-corrected chi connectivity index (χ2v) is 5.29. The molecular formula is C17H29NO2. The molecule has 0 unspecified atom stereocenters. The van der Waals surface area contributed by atoms with Crippen LogP contribution in [0.4, 0.5) is 0 Å². The number of rotatable bonds is 11. The second-order valence-electron chi connectivity index (χ2n) is 5.29. The van der Waals surface area contributed by atoms with Gasteiger partial charge in [-0.15, -0.1) is 0 Å². The molecule has 1 aromatic carbocycles. The monoisotopic (exact) mass is 279 g/mol. The summed E-state index contributed by atoms with van der Waals surface area (Å²) >= 11 is 0. The van der Waals surface area contributed by atoms with Crippen molar-refractivity contribution in [2.24, 2.45) is 0 Å². The van der Waals surface area contributed by atoms with E-state index in [9.17, 15) is 0 Å². The Balaban J connectivity index is 2.01. The van der Waals surface area contributed by atoms with E-state index in [2.05, 4.69) is 38.2 Å². The zero-order valence-electron chi connectivity index (χ0n) is 13.2. The van der Waals surface area contributed by atoms with Crippen LogP contribution in [-0.2, 0) is 4.74 Å². The molecule has 1 aromatic rings. The summed E-state index contributed by atoms with van der Waals surface area (Å²) in [5.74, 6) is 1.51. The molecule has 1 N–H and O–H groups in total. The number of ether oxygens (including phenoxy) is 2. The van der Waals surface area contributed by atoms with Crippen LogP contribution in [0, 0.1) is 0 Å². The molecule has 0 bridgehead atoms. The van der Waals surface area contributed by atoms with E-state index in [4.69, 9.17) is 9.47 Å². The van der Waals surface area contributed by atoms with Crippen molar-refractivity contribution in [1.82, 2.24) is 5.32 Å². The van der Waals surface area contributed by atoms with Gasteiger partial charge < -0.3 is 14.8 Å². The highest BCUT2D eigenvalue weighted by molar-refractivity contribution is 5.28. The zero-order chi connectivity index (χ0) is 14.6. The highest BCUT2D eigenvalue weighted by atomic mass is 16.5. The van der Waals surface area contributed by atoms with Crippen molar-refractivity contribution >= 4 is 0 Å². The molecular weight excluding hydrogens is 250 g/mol. The molecule has 3 heteroatoms. The molecule has 0 heterocycles. The van der Waals surface area contributed by atoms with Gasteiger partial charge in [0.15, 0.2) is 0 Å². The highest BCUT2D eigenvalue weighted by Gasteiger charge is 1.99. The lowest BCUT2D eigenvalue weighted by Gasteiger charge is -2.09. The minimum atomic E-state index is 0.568. The quantitative estimate of drug-likeness (QED) is 0.628. The Labute approximate surface area is 123 Å². The van der Waals surface area contributed by atoms with Crippen molar-refractivity contribution in [3.8, 4) is 5.75 Å². The van der Waals surface area contributed by atoms with Crippen molar-refractivity contribution in [2.45, 2.75) is 39.5 Å². The fourth-order valence-corrected chi connectivity index (χ4v) is 1.81. The fourth-order valence-electron chi connectivity index (χ4n) is 1.81. The Bertz CT molecular complexity index is 335. The van der Waals surface area contributed by atoms with E-state index in [0.29, 0.717) is 12.5 Å². The largest absolute Gasteiger partial charge is 0.492 e. The SMILES string of the molecule is CCCCOCCNCCOc1ccc(C(C)C)cc1. The molecule has 0 aliphatic rings. The van der Waals surface area contributed by atoms with E-state index in [1.165, 1.54) is 12.0 Å². The average Bonchev–Trinajstić information content (AvgIpc) is 2.46. The molecule has 1 rings (SSSR count). The summed E-state index contributed by atoms with van der Waals surface area (Å²) in [5.41, 5.74) is 1.35. The van der Waals surface area contributed by atoms with Crippen LogP contribution in [-0.4, -0.2) is 32.9 Å². The summed E-state index contributed by atoms with van der Waals surface area (Å²) in [6.45, 7) is 10.6. The van der Waals surface area contributed by atoms with E-state index in [1.54, 1.807) is 0 Å². The lowest BCUT2D eigenvalue weighted by molar-refractivity contribution is 0.132. The second kappa shape index (κ2) is 10.7. The highest BCUT2D eigenvalue weighted by Crippen LogP contribution is 2.18. The molecule has 3 nitrogen and oxygen atoms in total. The van der Waals surface area contributed by atoms with Crippen molar-refractivity contribution in [3.05, 3.63) is 29.8 Å². The first-order valence-corrected chi connectivity index (χ1v) is 7.75. The molecule has 0 aliphatic carbocycles. The third-order valence-corrected chi connectivity index (χ3v) is 3.16. The fraction of sp³-hybridized carbons (Fsp3) is 0.647. The van der Waals surface area contributed by atoms with Gasteiger partial charge >= 0.3 is 0 Å². The van der Waals surface area contributed by atoms with E-state index in [-0.39, 0.29) is 0 Å². The van der Waals surface area contributed by atoms with Crippen molar-refractivity contribution < 1.29 is 9.47 Å². The van der Waals surface area contributed by atoms with Crippen LogP contribution >= 0.6 is 0 Å². The first-order valence-electron chi connectivity index (χ1n) is 7.75. The van der Waals surface area contributed by atoms with Gasteiger partial charge in [-0.25, -0.2) is 0 Å². The van der Waals surface area contributed by atoms with Crippen LogP contribution < -0.4 is 10.1 Å². The molecule has 0 saturated heterocycles. The molecule has 0 radical (unpaired) electrons. The predicted octanol–water partition coefficient (Wildman–Crippen LogP) is 3.60. The Morgan fingerprint density at radius 2 is 1.70 bits per heavy atom. The average molecular weight is 279 g/mol. The Hall–Kier alpha value is -1.06. The number of benzene rings is 1. The summed E-state index contributed by atoms with van der Waals surface area (Å²) in [6, 6.07) is 8.36. The lowest BCUT2D eigenvalue weighted by Crippen LogP contribution is -2.25. The molecule has 20 heavy (non-hydrogen) atoms. The summed E-state index contributed by atoms with van der Waals surface area (Å²) in [5, 5.41) is 3.31. The summed E-state index contributed by atoms with van der Waals surface area (Å²) in [6.07, 6.45) is 2.34. The molecule has 0 fully saturated rings. The van der Waals surface area contributed by atoms with E-state index in [1.807, 2.05) is 12.1 Å². The summed E-state index contributed by atoms with van der Waals surface area (Å²) in [7, 11) is 0. The molecule has 0 aromatic heterocycles. The van der Waals surface area contributed by atoms with E-state index < -0.39 is 0 Å². The maximum absolute atomic E-state index is 5.68. The zero-order valence-corrected chi connectivity index (χ0v) is 13.2. The van der Waals surface area contributed by atoms with Gasteiger partial charge in [-0.3, -0.25) is 0 Å². The summed E-state index contributed by atoms with van der Waals surface area (Å²) < 4.78 is 11.2. The Kier molecular flexibility index (Phi) is 9.09. The van der Waals surface area contributed by atoms with Crippen molar-refractivity contribution in [2.75, 3.05) is 32.9 Å². The van der Waals surface area contributed by atoms with Gasteiger partial charge in [-0.05, 0) is 30.0 Å². The molecule has 0 amide bonds. The third-order valence-electron chi connectivity index (χ3n) is 3.16. The lowest BCUT2D eigenvalue weighted by atomic mass is 10.0. The molecule has 0 aliphatic heterocycles. The first-order chi connectivity index (χ1) is 9.74. The Morgan fingerprint density at radius 1 is 1.00 bits per heavy atom. The topological polar surface area (TPSA) is 30.5 Å². The van der Waals surface area contributed by atoms with Gasteiger partial charge in [0.25, 0.3) is 0 Å². The molecule has 114 valence electrons. The van der Waals surface area contributed by atoms with Gasteiger partial charge in [-0.1, -0.05) is 39.3 Å². The number of unbranched alkanes of at least 4 members (excludes halogenated alkanes) is 1. The Morgan fingerprint density at radius 3 is 2.35 bits per heavy atom. The van der Waals surface area contributed by atoms with Gasteiger partial charge in [0.05, 0.1) is 6.61 Å². The maximum Gasteiger partial charge on any atom is 0.119 e. The van der Waals surface area contributed by atoms with Crippen LogP contribution in [0.3, 0.4) is 0 Å².